The van der Waals surface area contributed by atoms with Gasteiger partial charge >= 0.3 is 0 Å². The second-order valence-electron chi connectivity index (χ2n) is 4.58. The minimum Gasteiger partial charge on any atom is -0.369 e. The molecule has 2 fully saturated rings. The zero-order valence-electron chi connectivity index (χ0n) is 11.4. The van der Waals surface area contributed by atoms with Crippen LogP contribution in [-0.2, 0) is 4.79 Å². The standard InChI is InChI=1S/C6H12N2O.C6H10N2.I2.HI/c7-6(9)5-1-3-8-4-2-5;7-5-6-1-3-8-4-2-6;1-2;/h5,8H,1-4H2,(H2,7,9);6,8H,1-4H2;;1H. The molecule has 2 saturated heterocycles. The van der Waals surface area contributed by atoms with Crippen LogP contribution in [0.4, 0.5) is 0 Å². The van der Waals surface area contributed by atoms with Gasteiger partial charge in [0.05, 0.1) is 6.07 Å². The van der Waals surface area contributed by atoms with Crippen LogP contribution >= 0.6 is 61.2 Å². The summed E-state index contributed by atoms with van der Waals surface area (Å²) in [5.41, 5.74) is 5.10. The van der Waals surface area contributed by atoms with Gasteiger partial charge in [-0.25, -0.2) is 0 Å². The van der Waals surface area contributed by atoms with E-state index < -0.39 is 0 Å². The van der Waals surface area contributed by atoms with Crippen molar-refractivity contribution in [3.63, 3.8) is 0 Å². The molecule has 2 heterocycles. The number of halogens is 3. The highest BCUT2D eigenvalue weighted by Crippen LogP contribution is 2.09. The van der Waals surface area contributed by atoms with Crippen LogP contribution in [0.3, 0.4) is 0 Å². The van der Waals surface area contributed by atoms with Gasteiger partial charge in [0, 0.05) is 49.1 Å². The van der Waals surface area contributed by atoms with Crippen molar-refractivity contribution >= 4 is 67.1 Å². The number of piperidine rings is 2. The molecule has 0 aromatic rings. The largest absolute Gasteiger partial charge is 0.369 e. The van der Waals surface area contributed by atoms with E-state index in [4.69, 9.17) is 11.0 Å². The van der Waals surface area contributed by atoms with Crippen molar-refractivity contribution in [3.05, 3.63) is 0 Å². The lowest BCUT2D eigenvalue weighted by Gasteiger charge is -2.18. The predicted molar refractivity (Wildman–Crippen MR) is 109 cm³/mol. The SMILES string of the molecule is I.II.N#CC1CCNCC1.NC(=O)C1CCNCC1. The summed E-state index contributed by atoms with van der Waals surface area (Å²) in [5.74, 6) is 0.319. The average molecular weight is 620 g/mol. The van der Waals surface area contributed by atoms with E-state index >= 15 is 0 Å². The number of hydrogen-bond acceptors (Lipinski definition) is 4. The van der Waals surface area contributed by atoms with Crippen molar-refractivity contribution in [2.75, 3.05) is 26.2 Å². The van der Waals surface area contributed by atoms with Gasteiger partial charge in [0.2, 0.25) is 5.91 Å². The van der Waals surface area contributed by atoms with E-state index in [0.29, 0.717) is 5.92 Å². The second kappa shape index (κ2) is 16.4. The number of nitrogens with two attached hydrogens (primary N) is 1. The molecular weight excluding hydrogens is 597 g/mol. The molecule has 118 valence electrons. The van der Waals surface area contributed by atoms with E-state index in [-0.39, 0.29) is 35.8 Å². The van der Waals surface area contributed by atoms with Crippen molar-refractivity contribution < 1.29 is 4.79 Å². The Morgan fingerprint density at radius 1 is 1.05 bits per heavy atom. The molecule has 0 spiro atoms. The molecule has 0 aromatic carbocycles. The van der Waals surface area contributed by atoms with Crippen molar-refractivity contribution in [2.45, 2.75) is 25.7 Å². The molecule has 2 rings (SSSR count). The van der Waals surface area contributed by atoms with Crippen LogP contribution in [0.2, 0.25) is 0 Å². The fraction of sp³-hybridized carbons (Fsp3) is 0.833. The van der Waals surface area contributed by atoms with E-state index in [1.165, 1.54) is 0 Å². The second-order valence-corrected chi connectivity index (χ2v) is 4.58. The highest BCUT2D eigenvalue weighted by molar-refractivity contribution is 15.0. The summed E-state index contributed by atoms with van der Waals surface area (Å²) in [7, 11) is 0. The van der Waals surface area contributed by atoms with Crippen LogP contribution in [0.25, 0.3) is 0 Å². The maximum atomic E-state index is 10.5. The van der Waals surface area contributed by atoms with Crippen molar-refractivity contribution in [3.8, 4) is 6.07 Å². The number of hydrogen-bond donors (Lipinski definition) is 3. The van der Waals surface area contributed by atoms with Crippen LogP contribution in [0, 0.1) is 23.2 Å². The van der Waals surface area contributed by atoms with Gasteiger partial charge in [0.1, 0.15) is 0 Å². The maximum Gasteiger partial charge on any atom is 0.220 e. The average Bonchev–Trinajstić information content (AvgIpc) is 2.51. The minimum absolute atomic E-state index is 0. The highest BCUT2D eigenvalue weighted by Gasteiger charge is 2.17. The molecule has 2 aliphatic rings. The molecule has 0 radical (unpaired) electrons. The Morgan fingerprint density at radius 3 is 1.70 bits per heavy atom. The van der Waals surface area contributed by atoms with Gasteiger partial charge in [0.15, 0.2) is 0 Å². The fourth-order valence-electron chi connectivity index (χ4n) is 2.06. The lowest BCUT2D eigenvalue weighted by Crippen LogP contribution is -2.34. The third kappa shape index (κ3) is 11.7. The Kier molecular flexibility index (Phi) is 19.2. The molecule has 1 amide bonds. The summed E-state index contributed by atoms with van der Waals surface area (Å²) in [4.78, 5) is 10.5. The third-order valence-electron chi connectivity index (χ3n) is 3.26. The van der Waals surface area contributed by atoms with Crippen molar-refractivity contribution in [2.24, 2.45) is 17.6 Å². The molecule has 20 heavy (non-hydrogen) atoms. The molecule has 0 saturated carbocycles. The Bertz CT molecular complexity index is 274. The fourth-order valence-corrected chi connectivity index (χ4v) is 2.06. The normalized spacial score (nSPS) is 19.1. The predicted octanol–water partition coefficient (Wildman–Crippen LogP) is 2.37. The van der Waals surface area contributed by atoms with Crippen molar-refractivity contribution in [1.82, 2.24) is 10.6 Å². The van der Waals surface area contributed by atoms with Gasteiger partial charge < -0.3 is 16.4 Å². The Labute approximate surface area is 161 Å². The third-order valence-corrected chi connectivity index (χ3v) is 3.26. The highest BCUT2D eigenvalue weighted by atomic mass is 128. The quantitative estimate of drug-likeness (QED) is 0.393. The number of nitriles is 1. The van der Waals surface area contributed by atoms with E-state index in [1.807, 2.05) is 0 Å². The molecule has 0 aliphatic carbocycles. The van der Waals surface area contributed by atoms with Crippen LogP contribution in [0.15, 0.2) is 0 Å². The topological polar surface area (TPSA) is 90.9 Å². The number of primary amides is 1. The number of carbonyl (C=O) groups is 1. The summed E-state index contributed by atoms with van der Waals surface area (Å²) in [6.45, 7) is 3.93. The van der Waals surface area contributed by atoms with Crippen LogP contribution in [0.5, 0.6) is 0 Å². The Balaban J connectivity index is 0. The zero-order valence-corrected chi connectivity index (χ0v) is 18.1. The number of carbonyl (C=O) groups excluding carboxylic acids is 1. The summed E-state index contributed by atoms with van der Waals surface area (Å²) >= 11 is 4.24. The molecule has 4 N–H and O–H groups in total. The zero-order chi connectivity index (χ0) is 14.5. The number of amides is 1. The molecule has 2 aliphatic heterocycles. The van der Waals surface area contributed by atoms with Gasteiger partial charge in [0.25, 0.3) is 0 Å². The molecular formula is C12H23I3N4O. The van der Waals surface area contributed by atoms with Gasteiger partial charge in [-0.15, -0.1) is 24.0 Å². The lowest BCUT2D eigenvalue weighted by molar-refractivity contribution is -0.122. The van der Waals surface area contributed by atoms with E-state index in [9.17, 15) is 4.79 Å². The number of rotatable bonds is 1. The lowest BCUT2D eigenvalue weighted by atomic mass is 9.98. The Morgan fingerprint density at radius 2 is 1.45 bits per heavy atom. The summed E-state index contributed by atoms with van der Waals surface area (Å²) < 4.78 is 0. The van der Waals surface area contributed by atoms with E-state index in [2.05, 4.69) is 53.9 Å². The van der Waals surface area contributed by atoms with Crippen LogP contribution in [0.1, 0.15) is 25.7 Å². The molecule has 0 aromatic heterocycles. The monoisotopic (exact) mass is 620 g/mol. The molecule has 0 unspecified atom stereocenters. The first kappa shape index (κ1) is 23.3. The van der Waals surface area contributed by atoms with Gasteiger partial charge in [-0.1, -0.05) is 0 Å². The molecule has 5 nitrogen and oxygen atoms in total. The van der Waals surface area contributed by atoms with Gasteiger partial charge in [-0.05, 0) is 51.9 Å². The first-order valence-electron chi connectivity index (χ1n) is 6.48. The number of nitrogens with zero attached hydrogens (tertiary/aromatic N) is 1. The van der Waals surface area contributed by atoms with Crippen molar-refractivity contribution in [1.29, 1.82) is 5.26 Å². The Hall–Kier alpha value is 1.07. The molecule has 0 atom stereocenters. The van der Waals surface area contributed by atoms with E-state index in [0.717, 1.165) is 51.9 Å². The molecule has 0 bridgehead atoms. The van der Waals surface area contributed by atoms with Gasteiger partial charge in [-0.3, -0.25) is 4.79 Å². The summed E-state index contributed by atoms with van der Waals surface area (Å²) in [5, 5.41) is 14.8. The minimum atomic E-state index is -0.142. The van der Waals surface area contributed by atoms with Gasteiger partial charge in [-0.2, -0.15) is 5.26 Å². The number of nitrogens with one attached hydrogen (secondary N) is 2. The smallest absolute Gasteiger partial charge is 0.220 e. The summed E-state index contributed by atoms with van der Waals surface area (Å²) in [6.07, 6.45) is 3.90. The van der Waals surface area contributed by atoms with Crippen LogP contribution < -0.4 is 16.4 Å². The first-order chi connectivity index (χ1) is 9.24. The molecule has 8 heteroatoms. The first-order valence-corrected chi connectivity index (χ1v) is 12.8. The van der Waals surface area contributed by atoms with Crippen LogP contribution in [-0.4, -0.2) is 32.1 Å². The summed E-state index contributed by atoms with van der Waals surface area (Å²) in [6, 6.07) is 2.26. The maximum absolute atomic E-state index is 10.5. The van der Waals surface area contributed by atoms with E-state index in [1.54, 1.807) is 0 Å².